The first kappa shape index (κ1) is 19.7. The van der Waals surface area contributed by atoms with Crippen molar-refractivity contribution in [1.82, 2.24) is 15.0 Å². The number of piperidine rings is 1. The van der Waals surface area contributed by atoms with Crippen molar-refractivity contribution in [3.8, 4) is 6.01 Å². The van der Waals surface area contributed by atoms with E-state index in [0.717, 1.165) is 65.7 Å². The van der Waals surface area contributed by atoms with E-state index in [0.29, 0.717) is 12.4 Å². The fourth-order valence-electron chi connectivity index (χ4n) is 3.98. The molecule has 0 radical (unpaired) electrons. The van der Waals surface area contributed by atoms with Crippen LogP contribution in [0, 0.1) is 0 Å². The van der Waals surface area contributed by atoms with E-state index in [2.05, 4.69) is 26.8 Å². The van der Waals surface area contributed by atoms with Crippen LogP contribution in [0.25, 0.3) is 5.70 Å². The minimum atomic E-state index is 0.126. The smallest absolute Gasteiger partial charge is 0.316 e. The van der Waals surface area contributed by atoms with Crippen LogP contribution in [0.5, 0.6) is 6.01 Å². The SMILES string of the molecule is C=C(Nc1ccc2c(c1)CCC2=O)c1csc(N2CCC(Oc3ncccn3)CC2)n1. The summed E-state index contributed by atoms with van der Waals surface area (Å²) in [4.78, 5) is 27.2. The van der Waals surface area contributed by atoms with E-state index < -0.39 is 0 Å². The summed E-state index contributed by atoms with van der Waals surface area (Å²) >= 11 is 1.62. The highest BCUT2D eigenvalue weighted by Gasteiger charge is 2.24. The normalized spacial score (nSPS) is 16.3. The van der Waals surface area contributed by atoms with Crippen molar-refractivity contribution in [2.24, 2.45) is 0 Å². The van der Waals surface area contributed by atoms with E-state index in [-0.39, 0.29) is 11.9 Å². The Morgan fingerprint density at radius 3 is 2.81 bits per heavy atom. The van der Waals surface area contributed by atoms with E-state index in [1.165, 1.54) is 0 Å². The van der Waals surface area contributed by atoms with E-state index in [1.54, 1.807) is 29.8 Å². The van der Waals surface area contributed by atoms with Crippen molar-refractivity contribution in [3.05, 3.63) is 65.4 Å². The lowest BCUT2D eigenvalue weighted by atomic mass is 10.1. The van der Waals surface area contributed by atoms with Gasteiger partial charge in [-0.05, 0) is 36.2 Å². The molecule has 158 valence electrons. The molecule has 3 aromatic rings. The van der Waals surface area contributed by atoms with Crippen LogP contribution in [0.2, 0.25) is 0 Å². The summed E-state index contributed by atoms with van der Waals surface area (Å²) in [6.45, 7) is 5.92. The van der Waals surface area contributed by atoms with Crippen molar-refractivity contribution in [2.45, 2.75) is 31.8 Å². The molecule has 0 bridgehead atoms. The van der Waals surface area contributed by atoms with E-state index in [4.69, 9.17) is 9.72 Å². The zero-order chi connectivity index (χ0) is 21.2. The van der Waals surface area contributed by atoms with Gasteiger partial charge in [0.25, 0.3) is 0 Å². The van der Waals surface area contributed by atoms with Crippen molar-refractivity contribution in [1.29, 1.82) is 0 Å². The lowest BCUT2D eigenvalue weighted by molar-refractivity contribution is 0.0994. The Morgan fingerprint density at radius 1 is 1.19 bits per heavy atom. The molecule has 2 aliphatic rings. The summed E-state index contributed by atoms with van der Waals surface area (Å²) in [5.41, 5.74) is 4.49. The zero-order valence-electron chi connectivity index (χ0n) is 17.1. The van der Waals surface area contributed by atoms with Gasteiger partial charge >= 0.3 is 6.01 Å². The van der Waals surface area contributed by atoms with Crippen LogP contribution in [-0.4, -0.2) is 39.9 Å². The number of aryl methyl sites for hydroxylation is 1. The second kappa shape index (κ2) is 8.47. The molecule has 5 rings (SSSR count). The van der Waals surface area contributed by atoms with Gasteiger partial charge in [0, 0.05) is 61.4 Å². The topological polar surface area (TPSA) is 80.2 Å². The van der Waals surface area contributed by atoms with Crippen molar-refractivity contribution in [3.63, 3.8) is 0 Å². The summed E-state index contributed by atoms with van der Waals surface area (Å²) in [7, 11) is 0. The van der Waals surface area contributed by atoms with Crippen molar-refractivity contribution >= 4 is 33.6 Å². The van der Waals surface area contributed by atoms with Crippen LogP contribution >= 0.6 is 11.3 Å². The fraction of sp³-hybridized carbons (Fsp3) is 0.304. The number of fused-ring (bicyclic) bond motifs is 1. The fourth-order valence-corrected chi connectivity index (χ4v) is 4.87. The minimum absolute atomic E-state index is 0.126. The highest BCUT2D eigenvalue weighted by molar-refractivity contribution is 7.13. The van der Waals surface area contributed by atoms with Crippen LogP contribution in [0.1, 0.15) is 40.9 Å². The number of nitrogens with zero attached hydrogens (tertiary/aromatic N) is 4. The lowest BCUT2D eigenvalue weighted by Gasteiger charge is -2.31. The summed E-state index contributed by atoms with van der Waals surface area (Å²) in [5.74, 6) is 0.231. The number of anilines is 2. The van der Waals surface area contributed by atoms with E-state index >= 15 is 0 Å². The van der Waals surface area contributed by atoms with Gasteiger partial charge in [0.2, 0.25) is 0 Å². The molecule has 0 amide bonds. The molecule has 2 aromatic heterocycles. The zero-order valence-corrected chi connectivity index (χ0v) is 17.9. The van der Waals surface area contributed by atoms with Crippen molar-refractivity contribution < 1.29 is 9.53 Å². The van der Waals surface area contributed by atoms with Gasteiger partial charge in [-0.1, -0.05) is 6.58 Å². The molecular formula is C23H23N5O2S. The molecule has 1 saturated heterocycles. The number of ether oxygens (including phenoxy) is 1. The molecule has 0 atom stereocenters. The Hall–Kier alpha value is -3.26. The van der Waals surface area contributed by atoms with Crippen LogP contribution < -0.4 is 15.0 Å². The molecule has 7 nitrogen and oxygen atoms in total. The van der Waals surface area contributed by atoms with Gasteiger partial charge in [0.15, 0.2) is 10.9 Å². The maximum atomic E-state index is 11.8. The van der Waals surface area contributed by atoms with Gasteiger partial charge in [-0.25, -0.2) is 15.0 Å². The first-order valence-corrected chi connectivity index (χ1v) is 11.3. The maximum absolute atomic E-state index is 11.8. The van der Waals surface area contributed by atoms with Gasteiger partial charge in [-0.2, -0.15) is 0 Å². The molecule has 0 saturated carbocycles. The first-order chi connectivity index (χ1) is 15.2. The predicted octanol–water partition coefficient (Wildman–Crippen LogP) is 4.19. The van der Waals surface area contributed by atoms with Crippen molar-refractivity contribution in [2.75, 3.05) is 23.3 Å². The van der Waals surface area contributed by atoms with Gasteiger partial charge in [0.1, 0.15) is 6.10 Å². The molecule has 31 heavy (non-hydrogen) atoms. The Kier molecular flexibility index (Phi) is 5.38. The van der Waals surface area contributed by atoms with Crippen LogP contribution in [0.3, 0.4) is 0 Å². The highest BCUT2D eigenvalue weighted by atomic mass is 32.1. The third kappa shape index (κ3) is 4.29. The third-order valence-electron chi connectivity index (χ3n) is 5.65. The summed E-state index contributed by atoms with van der Waals surface area (Å²) < 4.78 is 5.88. The lowest BCUT2D eigenvalue weighted by Crippen LogP contribution is -2.38. The number of rotatable bonds is 6. The standard InChI is InChI=1S/C23H23N5O2S/c1-15(26-17-4-5-19-16(13-17)3-6-21(19)29)20-14-31-23(27-20)28-11-7-18(8-12-28)30-22-24-9-2-10-25-22/h2,4-5,9-10,13-14,18,26H,1,3,6-8,11-12H2. The third-order valence-corrected chi connectivity index (χ3v) is 6.55. The van der Waals surface area contributed by atoms with Gasteiger partial charge < -0.3 is 15.0 Å². The van der Waals surface area contributed by atoms with Gasteiger partial charge in [-0.15, -0.1) is 11.3 Å². The molecule has 3 heterocycles. The van der Waals surface area contributed by atoms with E-state index in [1.807, 2.05) is 23.6 Å². The molecule has 0 unspecified atom stereocenters. The number of benzene rings is 1. The Bertz CT molecular complexity index is 1110. The molecular weight excluding hydrogens is 410 g/mol. The Balaban J connectivity index is 1.18. The number of ketones is 1. The molecule has 1 aromatic carbocycles. The number of Topliss-reactive ketones (excluding diaryl/α,β-unsaturated/α-hetero) is 1. The number of hydrogen-bond acceptors (Lipinski definition) is 8. The van der Waals surface area contributed by atoms with Crippen LogP contribution in [0.4, 0.5) is 10.8 Å². The predicted molar refractivity (Wildman–Crippen MR) is 122 cm³/mol. The quantitative estimate of drug-likeness (QED) is 0.624. The molecule has 1 aliphatic carbocycles. The number of hydrogen-bond donors (Lipinski definition) is 1. The number of thiazole rings is 1. The highest BCUT2D eigenvalue weighted by Crippen LogP contribution is 2.30. The Labute approximate surface area is 184 Å². The number of nitrogens with one attached hydrogen (secondary N) is 1. The first-order valence-electron chi connectivity index (χ1n) is 10.4. The number of carbonyl (C=O) groups is 1. The maximum Gasteiger partial charge on any atom is 0.316 e. The Morgan fingerprint density at radius 2 is 2.00 bits per heavy atom. The molecule has 1 aliphatic heterocycles. The average Bonchev–Trinajstić information content (AvgIpc) is 3.43. The molecule has 1 fully saturated rings. The van der Waals surface area contributed by atoms with Crippen LogP contribution in [0.15, 0.2) is 48.6 Å². The van der Waals surface area contributed by atoms with E-state index in [9.17, 15) is 4.79 Å². The van der Waals surface area contributed by atoms with Gasteiger partial charge in [0.05, 0.1) is 11.4 Å². The second-order valence-electron chi connectivity index (χ2n) is 7.75. The average molecular weight is 434 g/mol. The number of carbonyl (C=O) groups excluding carboxylic acids is 1. The second-order valence-corrected chi connectivity index (χ2v) is 8.59. The monoisotopic (exact) mass is 433 g/mol. The van der Waals surface area contributed by atoms with Gasteiger partial charge in [-0.3, -0.25) is 4.79 Å². The molecule has 1 N–H and O–H groups in total. The van der Waals surface area contributed by atoms with Crippen LogP contribution in [-0.2, 0) is 6.42 Å². The summed E-state index contributed by atoms with van der Waals surface area (Å²) in [6.07, 6.45) is 6.74. The number of aromatic nitrogens is 3. The summed E-state index contributed by atoms with van der Waals surface area (Å²) in [5, 5.41) is 6.36. The largest absolute Gasteiger partial charge is 0.460 e. The minimum Gasteiger partial charge on any atom is -0.460 e. The molecule has 0 spiro atoms. The molecule has 8 heteroatoms. The summed E-state index contributed by atoms with van der Waals surface area (Å²) in [6, 6.07) is 8.10.